The van der Waals surface area contributed by atoms with Gasteiger partial charge in [0.2, 0.25) is 0 Å². The lowest BCUT2D eigenvalue weighted by Crippen LogP contribution is -2.56. The van der Waals surface area contributed by atoms with Gasteiger partial charge in [-0.1, -0.05) is 12.1 Å². The standard InChI is InChI=1S/C17H23N3/c1-19-14-11-16-3-2-4-17(12-14)20(16)15-7-5-13(6-8-15)9-10-18/h5-8,14,16-17,19H,2-4,9,11-12H2,1H3. The van der Waals surface area contributed by atoms with Gasteiger partial charge in [-0.05, 0) is 56.8 Å². The molecule has 1 aromatic rings. The quantitative estimate of drug-likeness (QED) is 0.917. The Kier molecular flexibility index (Phi) is 3.93. The molecule has 0 saturated carbocycles. The van der Waals surface area contributed by atoms with Crippen molar-refractivity contribution in [2.24, 2.45) is 0 Å². The highest BCUT2D eigenvalue weighted by Gasteiger charge is 2.37. The molecule has 20 heavy (non-hydrogen) atoms. The summed E-state index contributed by atoms with van der Waals surface area (Å²) in [4.78, 5) is 2.65. The summed E-state index contributed by atoms with van der Waals surface area (Å²) < 4.78 is 0. The first-order valence-corrected chi connectivity index (χ1v) is 7.73. The third kappa shape index (κ3) is 2.53. The number of hydrogen-bond acceptors (Lipinski definition) is 3. The molecule has 2 bridgehead atoms. The van der Waals surface area contributed by atoms with Gasteiger partial charge >= 0.3 is 0 Å². The molecule has 2 atom stereocenters. The van der Waals surface area contributed by atoms with Crippen LogP contribution in [0.4, 0.5) is 5.69 Å². The number of nitrogens with one attached hydrogen (secondary N) is 1. The van der Waals surface area contributed by atoms with Crippen LogP contribution in [-0.4, -0.2) is 25.2 Å². The van der Waals surface area contributed by atoms with Crippen LogP contribution in [-0.2, 0) is 6.42 Å². The van der Waals surface area contributed by atoms with Gasteiger partial charge in [0, 0.05) is 23.8 Å². The summed E-state index contributed by atoms with van der Waals surface area (Å²) in [6, 6.07) is 12.9. The second kappa shape index (κ2) is 5.85. The highest BCUT2D eigenvalue weighted by atomic mass is 15.2. The third-order valence-corrected chi connectivity index (χ3v) is 4.90. The summed E-state index contributed by atoms with van der Waals surface area (Å²) in [5.41, 5.74) is 2.46. The zero-order valence-electron chi connectivity index (χ0n) is 12.2. The lowest BCUT2D eigenvalue weighted by molar-refractivity contribution is 0.252. The Labute approximate surface area is 121 Å². The smallest absolute Gasteiger partial charge is 0.0669 e. The summed E-state index contributed by atoms with van der Waals surface area (Å²) >= 11 is 0. The Hall–Kier alpha value is -1.53. The predicted octanol–water partition coefficient (Wildman–Crippen LogP) is 2.86. The van der Waals surface area contributed by atoms with E-state index in [9.17, 15) is 0 Å². The zero-order valence-corrected chi connectivity index (χ0v) is 12.2. The summed E-state index contributed by atoms with van der Waals surface area (Å²) in [6.45, 7) is 0. The number of fused-ring (bicyclic) bond motifs is 2. The molecule has 3 nitrogen and oxygen atoms in total. The normalized spacial score (nSPS) is 29.0. The van der Waals surface area contributed by atoms with E-state index in [1.165, 1.54) is 37.8 Å². The van der Waals surface area contributed by atoms with Crippen LogP contribution in [0.5, 0.6) is 0 Å². The molecule has 0 aliphatic carbocycles. The molecular weight excluding hydrogens is 246 g/mol. The number of nitrogens with zero attached hydrogens (tertiary/aromatic N) is 2. The molecule has 1 N–H and O–H groups in total. The Bertz CT molecular complexity index is 474. The maximum atomic E-state index is 8.76. The van der Waals surface area contributed by atoms with Crippen molar-refractivity contribution < 1.29 is 0 Å². The van der Waals surface area contributed by atoms with Gasteiger partial charge in [-0.15, -0.1) is 0 Å². The van der Waals surface area contributed by atoms with Crippen molar-refractivity contribution in [1.29, 1.82) is 5.26 Å². The topological polar surface area (TPSA) is 39.1 Å². The van der Waals surface area contributed by atoms with Crippen LogP contribution < -0.4 is 10.2 Å². The molecule has 2 saturated heterocycles. The van der Waals surface area contributed by atoms with E-state index < -0.39 is 0 Å². The van der Waals surface area contributed by atoms with Crippen molar-refractivity contribution in [2.75, 3.05) is 11.9 Å². The molecule has 1 aromatic carbocycles. The third-order valence-electron chi connectivity index (χ3n) is 4.90. The lowest BCUT2D eigenvalue weighted by atomic mass is 9.81. The van der Waals surface area contributed by atoms with Crippen LogP contribution in [0.3, 0.4) is 0 Å². The molecule has 2 fully saturated rings. The number of nitriles is 1. The van der Waals surface area contributed by atoms with E-state index in [4.69, 9.17) is 5.26 Å². The average Bonchev–Trinajstić information content (AvgIpc) is 2.47. The van der Waals surface area contributed by atoms with Gasteiger partial charge in [0.1, 0.15) is 0 Å². The van der Waals surface area contributed by atoms with E-state index >= 15 is 0 Å². The molecule has 2 aliphatic heterocycles. The minimum Gasteiger partial charge on any atom is -0.365 e. The fourth-order valence-corrected chi connectivity index (χ4v) is 3.92. The van der Waals surface area contributed by atoms with Crippen LogP contribution >= 0.6 is 0 Å². The van der Waals surface area contributed by atoms with Crippen molar-refractivity contribution >= 4 is 5.69 Å². The number of hydrogen-bond donors (Lipinski definition) is 1. The van der Waals surface area contributed by atoms with Crippen LogP contribution in [0.15, 0.2) is 24.3 Å². The molecule has 0 radical (unpaired) electrons. The summed E-state index contributed by atoms with van der Waals surface area (Å²) in [7, 11) is 2.09. The SMILES string of the molecule is CNC1CC2CCCC(C1)N2c1ccc(CC#N)cc1. The Morgan fingerprint density at radius 3 is 2.40 bits per heavy atom. The number of rotatable bonds is 3. The van der Waals surface area contributed by atoms with E-state index in [1.54, 1.807) is 0 Å². The van der Waals surface area contributed by atoms with Crippen LogP contribution in [0.25, 0.3) is 0 Å². The molecule has 0 spiro atoms. The average molecular weight is 269 g/mol. The van der Waals surface area contributed by atoms with Gasteiger partial charge < -0.3 is 10.2 Å². The minimum absolute atomic E-state index is 0.509. The van der Waals surface area contributed by atoms with Gasteiger partial charge in [0.05, 0.1) is 12.5 Å². The number of benzene rings is 1. The first-order valence-electron chi connectivity index (χ1n) is 7.73. The van der Waals surface area contributed by atoms with Gasteiger partial charge in [0.15, 0.2) is 0 Å². The first kappa shape index (κ1) is 13.5. The fourth-order valence-electron chi connectivity index (χ4n) is 3.92. The van der Waals surface area contributed by atoms with Gasteiger partial charge in [0.25, 0.3) is 0 Å². The molecule has 3 rings (SSSR count). The Morgan fingerprint density at radius 2 is 1.85 bits per heavy atom. The Morgan fingerprint density at radius 1 is 1.20 bits per heavy atom. The van der Waals surface area contributed by atoms with Crippen molar-refractivity contribution in [3.63, 3.8) is 0 Å². The largest absolute Gasteiger partial charge is 0.365 e. The number of anilines is 1. The predicted molar refractivity (Wildman–Crippen MR) is 81.7 cm³/mol. The maximum Gasteiger partial charge on any atom is 0.0669 e. The van der Waals surface area contributed by atoms with Crippen LogP contribution in [0.2, 0.25) is 0 Å². The zero-order chi connectivity index (χ0) is 13.9. The van der Waals surface area contributed by atoms with E-state index in [0.717, 1.165) is 5.56 Å². The monoisotopic (exact) mass is 269 g/mol. The van der Waals surface area contributed by atoms with Crippen LogP contribution in [0, 0.1) is 11.3 Å². The molecule has 106 valence electrons. The lowest BCUT2D eigenvalue weighted by Gasteiger charge is -2.50. The van der Waals surface area contributed by atoms with Crippen molar-refractivity contribution in [3.05, 3.63) is 29.8 Å². The van der Waals surface area contributed by atoms with Crippen LogP contribution in [0.1, 0.15) is 37.7 Å². The molecule has 3 heteroatoms. The van der Waals surface area contributed by atoms with Crippen molar-refractivity contribution in [3.8, 4) is 6.07 Å². The maximum absolute atomic E-state index is 8.76. The second-order valence-corrected chi connectivity index (χ2v) is 6.10. The number of piperidine rings is 2. The summed E-state index contributed by atoms with van der Waals surface area (Å²) in [5.74, 6) is 0. The van der Waals surface area contributed by atoms with Gasteiger partial charge in [-0.25, -0.2) is 0 Å². The molecule has 2 unspecified atom stereocenters. The van der Waals surface area contributed by atoms with E-state index in [2.05, 4.69) is 47.6 Å². The minimum atomic E-state index is 0.509. The molecule has 2 heterocycles. The Balaban J connectivity index is 1.80. The van der Waals surface area contributed by atoms with E-state index in [0.29, 0.717) is 24.5 Å². The van der Waals surface area contributed by atoms with E-state index in [1.807, 2.05) is 0 Å². The summed E-state index contributed by atoms with van der Waals surface area (Å²) in [6.07, 6.45) is 7.02. The molecular formula is C17H23N3. The fraction of sp³-hybridized carbons (Fsp3) is 0.588. The first-order chi connectivity index (χ1) is 9.81. The van der Waals surface area contributed by atoms with E-state index in [-0.39, 0.29) is 0 Å². The van der Waals surface area contributed by atoms with Crippen molar-refractivity contribution in [1.82, 2.24) is 5.32 Å². The summed E-state index contributed by atoms with van der Waals surface area (Å²) in [5, 5.41) is 12.2. The molecule has 2 aliphatic rings. The molecule has 0 amide bonds. The van der Waals surface area contributed by atoms with Gasteiger partial charge in [-0.2, -0.15) is 5.26 Å². The highest BCUT2D eigenvalue weighted by molar-refractivity contribution is 5.51. The van der Waals surface area contributed by atoms with Crippen molar-refractivity contribution in [2.45, 2.75) is 56.7 Å². The van der Waals surface area contributed by atoms with Gasteiger partial charge in [-0.3, -0.25) is 0 Å². The second-order valence-electron chi connectivity index (χ2n) is 6.10. The highest BCUT2D eigenvalue weighted by Crippen LogP contribution is 2.37. The molecule has 0 aromatic heterocycles.